The summed E-state index contributed by atoms with van der Waals surface area (Å²) in [5, 5.41) is 0.0918. The van der Waals surface area contributed by atoms with Crippen molar-refractivity contribution in [2.75, 3.05) is 27.4 Å². The molecular formula is C32H32FNO6. The molecule has 3 aromatic carbocycles. The third-order valence-electron chi connectivity index (χ3n) is 7.18. The van der Waals surface area contributed by atoms with E-state index in [-0.39, 0.29) is 22.3 Å². The van der Waals surface area contributed by atoms with Gasteiger partial charge in [-0.3, -0.25) is 9.59 Å². The molecule has 0 aliphatic carbocycles. The van der Waals surface area contributed by atoms with Gasteiger partial charge in [0.05, 0.1) is 37.8 Å². The molecule has 1 atom stereocenters. The van der Waals surface area contributed by atoms with Crippen molar-refractivity contribution in [3.63, 3.8) is 0 Å². The lowest BCUT2D eigenvalue weighted by molar-refractivity contribution is 0.0730. The van der Waals surface area contributed by atoms with Crippen molar-refractivity contribution in [2.45, 2.75) is 32.7 Å². The third-order valence-corrected chi connectivity index (χ3v) is 7.18. The van der Waals surface area contributed by atoms with Crippen LogP contribution in [-0.4, -0.2) is 38.2 Å². The molecule has 0 saturated carbocycles. The van der Waals surface area contributed by atoms with Crippen LogP contribution in [0.25, 0.3) is 11.0 Å². The van der Waals surface area contributed by atoms with Gasteiger partial charge in [0.25, 0.3) is 5.91 Å². The average molecular weight is 546 g/mol. The lowest BCUT2D eigenvalue weighted by Gasteiger charge is -2.26. The molecule has 40 heavy (non-hydrogen) atoms. The highest BCUT2D eigenvalue weighted by Crippen LogP contribution is 2.41. The number of benzene rings is 3. The first-order chi connectivity index (χ1) is 19.3. The van der Waals surface area contributed by atoms with Gasteiger partial charge in [-0.1, -0.05) is 32.0 Å². The Balaban J connectivity index is 1.57. The Morgan fingerprint density at radius 3 is 2.42 bits per heavy atom. The van der Waals surface area contributed by atoms with E-state index in [0.29, 0.717) is 42.6 Å². The minimum atomic E-state index is -0.747. The molecular weight excluding hydrogens is 513 g/mol. The number of methoxy groups -OCH3 is 2. The Bertz CT molecular complexity index is 1590. The van der Waals surface area contributed by atoms with Crippen molar-refractivity contribution in [3.8, 4) is 17.2 Å². The Labute approximate surface area is 232 Å². The zero-order chi connectivity index (χ0) is 28.4. The topological polar surface area (TPSA) is 78.2 Å². The summed E-state index contributed by atoms with van der Waals surface area (Å²) in [6.45, 7) is 5.10. The van der Waals surface area contributed by atoms with Crippen LogP contribution in [0, 0.1) is 11.7 Å². The number of hydrogen-bond acceptors (Lipinski definition) is 6. The minimum Gasteiger partial charge on any atom is -0.497 e. The van der Waals surface area contributed by atoms with Crippen molar-refractivity contribution in [2.24, 2.45) is 5.92 Å². The maximum atomic E-state index is 14.1. The molecule has 5 rings (SSSR count). The molecule has 0 fully saturated rings. The largest absolute Gasteiger partial charge is 0.497 e. The Morgan fingerprint density at radius 1 is 0.950 bits per heavy atom. The molecule has 4 aromatic rings. The van der Waals surface area contributed by atoms with Crippen molar-refractivity contribution in [1.82, 2.24) is 4.90 Å². The number of nitrogens with zero attached hydrogens (tertiary/aromatic N) is 1. The molecule has 208 valence electrons. The van der Waals surface area contributed by atoms with E-state index in [9.17, 15) is 14.0 Å². The van der Waals surface area contributed by atoms with Crippen LogP contribution in [0.15, 0.2) is 69.9 Å². The lowest BCUT2D eigenvalue weighted by Crippen LogP contribution is -2.31. The summed E-state index contributed by atoms with van der Waals surface area (Å²) in [5.74, 6) is 1.32. The summed E-state index contributed by atoms with van der Waals surface area (Å²) in [6, 6.07) is 16.0. The van der Waals surface area contributed by atoms with Crippen molar-refractivity contribution in [1.29, 1.82) is 0 Å². The SMILES string of the molecule is COc1ccc(CCN2C(=O)c3oc4ccc(F)cc4c(=O)c3C2c2ccc(OCCC(C)C)c(OC)c2)cc1. The van der Waals surface area contributed by atoms with Gasteiger partial charge < -0.3 is 23.5 Å². The van der Waals surface area contributed by atoms with Crippen molar-refractivity contribution in [3.05, 3.63) is 99.2 Å². The molecule has 1 aliphatic heterocycles. The van der Waals surface area contributed by atoms with Gasteiger partial charge in [0.1, 0.15) is 17.1 Å². The number of halogens is 1. The van der Waals surface area contributed by atoms with E-state index in [1.807, 2.05) is 30.3 Å². The first-order valence-corrected chi connectivity index (χ1v) is 13.3. The fraction of sp³-hybridized carbons (Fsp3) is 0.312. The number of hydrogen-bond donors (Lipinski definition) is 0. The van der Waals surface area contributed by atoms with E-state index < -0.39 is 23.2 Å². The average Bonchev–Trinajstić information content (AvgIpc) is 3.23. The molecule has 1 aromatic heterocycles. The Kier molecular flexibility index (Phi) is 7.78. The zero-order valence-electron chi connectivity index (χ0n) is 23.0. The van der Waals surface area contributed by atoms with E-state index in [1.54, 1.807) is 31.3 Å². The fourth-order valence-corrected chi connectivity index (χ4v) is 4.99. The Hall–Kier alpha value is -4.33. The number of carbonyl (C=O) groups is 1. The smallest absolute Gasteiger partial charge is 0.290 e. The van der Waals surface area contributed by atoms with Crippen LogP contribution in [0.2, 0.25) is 0 Å². The summed E-state index contributed by atoms with van der Waals surface area (Å²) in [4.78, 5) is 29.1. The molecule has 0 saturated heterocycles. The number of ether oxygens (including phenoxy) is 3. The highest BCUT2D eigenvalue weighted by Gasteiger charge is 2.42. The van der Waals surface area contributed by atoms with E-state index in [1.165, 1.54) is 12.1 Å². The molecule has 2 heterocycles. The monoisotopic (exact) mass is 545 g/mol. The van der Waals surface area contributed by atoms with Gasteiger partial charge >= 0.3 is 0 Å². The van der Waals surface area contributed by atoms with Gasteiger partial charge in [0.15, 0.2) is 16.9 Å². The second-order valence-electron chi connectivity index (χ2n) is 10.3. The summed E-state index contributed by atoms with van der Waals surface area (Å²) in [7, 11) is 3.16. The van der Waals surface area contributed by atoms with E-state index >= 15 is 0 Å². The predicted octanol–water partition coefficient (Wildman–Crippen LogP) is 6.16. The van der Waals surface area contributed by atoms with Crippen LogP contribution < -0.4 is 19.6 Å². The molecule has 0 spiro atoms. The van der Waals surface area contributed by atoms with Gasteiger partial charge in [-0.25, -0.2) is 4.39 Å². The van der Waals surface area contributed by atoms with E-state index in [2.05, 4.69) is 13.8 Å². The van der Waals surface area contributed by atoms with Gasteiger partial charge in [-0.05, 0) is 72.4 Å². The first kappa shape index (κ1) is 27.2. The summed E-state index contributed by atoms with van der Waals surface area (Å²) < 4.78 is 36.9. The first-order valence-electron chi connectivity index (χ1n) is 13.3. The minimum absolute atomic E-state index is 0.0277. The molecule has 1 amide bonds. The lowest BCUT2D eigenvalue weighted by atomic mass is 9.97. The predicted molar refractivity (Wildman–Crippen MR) is 150 cm³/mol. The van der Waals surface area contributed by atoms with Crippen LogP contribution in [0.3, 0.4) is 0 Å². The molecule has 1 aliphatic rings. The van der Waals surface area contributed by atoms with E-state index in [0.717, 1.165) is 23.8 Å². The summed E-state index contributed by atoms with van der Waals surface area (Å²) in [5.41, 5.74) is 1.59. The van der Waals surface area contributed by atoms with Gasteiger partial charge in [0, 0.05) is 6.54 Å². The maximum absolute atomic E-state index is 14.1. The number of amides is 1. The highest BCUT2D eigenvalue weighted by molar-refractivity contribution is 5.99. The van der Waals surface area contributed by atoms with Crippen LogP contribution in [0.4, 0.5) is 4.39 Å². The van der Waals surface area contributed by atoms with Crippen molar-refractivity contribution < 1.29 is 27.8 Å². The van der Waals surface area contributed by atoms with Crippen LogP contribution in [0.5, 0.6) is 17.2 Å². The quantitative estimate of drug-likeness (QED) is 0.237. The van der Waals surface area contributed by atoms with Crippen LogP contribution in [0.1, 0.15) is 53.6 Å². The number of carbonyl (C=O) groups excluding carboxylic acids is 1. The fourth-order valence-electron chi connectivity index (χ4n) is 4.99. The Morgan fingerprint density at radius 2 is 1.73 bits per heavy atom. The van der Waals surface area contributed by atoms with Gasteiger partial charge in [-0.2, -0.15) is 0 Å². The van der Waals surface area contributed by atoms with Crippen LogP contribution in [-0.2, 0) is 6.42 Å². The number of rotatable bonds is 10. The molecule has 0 N–H and O–H groups in total. The third kappa shape index (κ3) is 5.26. The second kappa shape index (κ2) is 11.4. The molecule has 7 nitrogen and oxygen atoms in total. The summed E-state index contributed by atoms with van der Waals surface area (Å²) >= 11 is 0. The van der Waals surface area contributed by atoms with E-state index in [4.69, 9.17) is 18.6 Å². The number of fused-ring (bicyclic) bond motifs is 2. The summed E-state index contributed by atoms with van der Waals surface area (Å²) in [6.07, 6.45) is 1.43. The zero-order valence-corrected chi connectivity index (χ0v) is 23.0. The van der Waals surface area contributed by atoms with Crippen LogP contribution >= 0.6 is 0 Å². The maximum Gasteiger partial charge on any atom is 0.290 e. The molecule has 1 unspecified atom stereocenters. The molecule has 0 bridgehead atoms. The second-order valence-corrected chi connectivity index (χ2v) is 10.3. The van der Waals surface area contributed by atoms with Gasteiger partial charge in [-0.15, -0.1) is 0 Å². The molecule has 0 radical (unpaired) electrons. The normalized spacial score (nSPS) is 14.6. The molecule has 8 heteroatoms. The highest BCUT2D eigenvalue weighted by atomic mass is 19.1. The van der Waals surface area contributed by atoms with Gasteiger partial charge in [0.2, 0.25) is 5.76 Å². The standard InChI is InChI=1S/C32H32FNO6/c1-19(2)14-16-39-26-11-7-21(17-27(26)38-4)29-28-30(35)24-18-22(33)8-12-25(24)40-31(28)32(36)34(29)15-13-20-5-9-23(37-3)10-6-20/h5-12,17-19,29H,13-16H2,1-4H3. The van der Waals surface area contributed by atoms with Crippen molar-refractivity contribution >= 4 is 16.9 Å².